The second-order valence-electron chi connectivity index (χ2n) is 5.19. The lowest BCUT2D eigenvalue weighted by Crippen LogP contribution is -2.25. The molecule has 0 saturated carbocycles. The van der Waals surface area contributed by atoms with E-state index in [1.54, 1.807) is 26.4 Å². The summed E-state index contributed by atoms with van der Waals surface area (Å²) in [7, 11) is 3.32. The van der Waals surface area contributed by atoms with E-state index in [1.807, 2.05) is 0 Å². The number of benzene rings is 1. The Bertz CT molecular complexity index is 398. The van der Waals surface area contributed by atoms with Gasteiger partial charge in [-0.15, -0.1) is 0 Å². The summed E-state index contributed by atoms with van der Waals surface area (Å²) in [6.07, 6.45) is 1.92. The molecule has 1 N–H and O–H groups in total. The van der Waals surface area contributed by atoms with Gasteiger partial charge in [0.05, 0.1) is 7.11 Å². The van der Waals surface area contributed by atoms with E-state index in [-0.39, 0.29) is 11.9 Å². The molecule has 0 fully saturated rings. The highest BCUT2D eigenvalue weighted by Gasteiger charge is 2.19. The largest absolute Gasteiger partial charge is 0.496 e. The van der Waals surface area contributed by atoms with Gasteiger partial charge in [0.25, 0.3) is 0 Å². The first-order valence-corrected chi connectivity index (χ1v) is 7.18. The lowest BCUT2D eigenvalue weighted by molar-refractivity contribution is 0.149. The third-order valence-electron chi connectivity index (χ3n) is 3.30. The number of hydrogen-bond acceptors (Lipinski definition) is 3. The first-order valence-electron chi connectivity index (χ1n) is 7.18. The highest BCUT2D eigenvalue weighted by molar-refractivity contribution is 5.36. The average molecular weight is 283 g/mol. The molecule has 2 atom stereocenters. The van der Waals surface area contributed by atoms with Crippen LogP contribution in [0.1, 0.15) is 38.3 Å². The summed E-state index contributed by atoms with van der Waals surface area (Å²) in [5.74, 6) is 0.885. The zero-order valence-corrected chi connectivity index (χ0v) is 12.9. The number of hydrogen-bond donors (Lipinski definition) is 1. The first-order chi connectivity index (χ1) is 9.62. The minimum absolute atomic E-state index is 0.0748. The first kappa shape index (κ1) is 16.9. The lowest BCUT2D eigenvalue weighted by Gasteiger charge is -2.24. The second-order valence-corrected chi connectivity index (χ2v) is 5.19. The van der Waals surface area contributed by atoms with Crippen LogP contribution in [0.2, 0.25) is 0 Å². The molecule has 1 rings (SSSR count). The fraction of sp³-hybridized carbons (Fsp3) is 0.625. The van der Waals surface area contributed by atoms with Crippen molar-refractivity contribution in [3.8, 4) is 5.75 Å². The van der Waals surface area contributed by atoms with Crippen molar-refractivity contribution in [3.05, 3.63) is 29.6 Å². The van der Waals surface area contributed by atoms with Gasteiger partial charge in [-0.1, -0.05) is 13.8 Å². The monoisotopic (exact) mass is 283 g/mol. The van der Waals surface area contributed by atoms with Gasteiger partial charge in [0.1, 0.15) is 11.6 Å². The molecule has 0 aliphatic carbocycles. The van der Waals surface area contributed by atoms with Crippen LogP contribution < -0.4 is 10.1 Å². The second kappa shape index (κ2) is 8.93. The van der Waals surface area contributed by atoms with Gasteiger partial charge < -0.3 is 14.8 Å². The lowest BCUT2D eigenvalue weighted by atomic mass is 9.95. The van der Waals surface area contributed by atoms with E-state index in [4.69, 9.17) is 9.47 Å². The standard InChI is InChI=1S/C16H26FNO2/c1-5-8-18-15(9-12(2)11-19-3)14-10-13(17)6-7-16(14)20-4/h6-7,10,12,15,18H,5,8-9,11H2,1-4H3. The van der Waals surface area contributed by atoms with Gasteiger partial charge in [-0.3, -0.25) is 0 Å². The van der Waals surface area contributed by atoms with Crippen LogP contribution in [0.15, 0.2) is 18.2 Å². The van der Waals surface area contributed by atoms with Crippen molar-refractivity contribution in [2.24, 2.45) is 5.92 Å². The van der Waals surface area contributed by atoms with Crippen molar-refractivity contribution in [1.82, 2.24) is 5.32 Å². The Balaban J connectivity index is 2.93. The van der Waals surface area contributed by atoms with E-state index in [9.17, 15) is 4.39 Å². The zero-order chi connectivity index (χ0) is 15.0. The molecular weight excluding hydrogens is 257 g/mol. The number of nitrogens with one attached hydrogen (secondary N) is 1. The number of rotatable bonds is 9. The van der Waals surface area contributed by atoms with Gasteiger partial charge in [-0.05, 0) is 43.5 Å². The maximum Gasteiger partial charge on any atom is 0.123 e. The third-order valence-corrected chi connectivity index (χ3v) is 3.30. The summed E-state index contributed by atoms with van der Waals surface area (Å²) in [4.78, 5) is 0. The summed E-state index contributed by atoms with van der Waals surface area (Å²) >= 11 is 0. The smallest absolute Gasteiger partial charge is 0.123 e. The average Bonchev–Trinajstić information content (AvgIpc) is 2.43. The molecule has 0 saturated heterocycles. The fourth-order valence-corrected chi connectivity index (χ4v) is 2.37. The Morgan fingerprint density at radius 2 is 2.05 bits per heavy atom. The predicted octanol–water partition coefficient (Wildman–Crippen LogP) is 3.55. The molecule has 114 valence electrons. The number of ether oxygens (including phenoxy) is 2. The van der Waals surface area contributed by atoms with E-state index in [0.29, 0.717) is 12.5 Å². The number of halogens is 1. The molecule has 0 aliphatic rings. The maximum absolute atomic E-state index is 13.5. The highest BCUT2D eigenvalue weighted by atomic mass is 19.1. The zero-order valence-electron chi connectivity index (χ0n) is 12.9. The van der Waals surface area contributed by atoms with Crippen molar-refractivity contribution in [2.45, 2.75) is 32.7 Å². The van der Waals surface area contributed by atoms with Crippen LogP contribution in [0.3, 0.4) is 0 Å². The normalized spacial score (nSPS) is 14.1. The fourth-order valence-electron chi connectivity index (χ4n) is 2.37. The predicted molar refractivity (Wildman–Crippen MR) is 79.6 cm³/mol. The van der Waals surface area contributed by atoms with Crippen molar-refractivity contribution in [3.63, 3.8) is 0 Å². The minimum Gasteiger partial charge on any atom is -0.496 e. The summed E-state index contributed by atoms with van der Waals surface area (Å²) in [6, 6.07) is 4.75. The molecule has 3 nitrogen and oxygen atoms in total. The molecule has 0 radical (unpaired) electrons. The molecule has 4 heteroatoms. The molecule has 2 unspecified atom stereocenters. The van der Waals surface area contributed by atoms with Gasteiger partial charge in [0.15, 0.2) is 0 Å². The van der Waals surface area contributed by atoms with Crippen LogP contribution in [-0.4, -0.2) is 27.4 Å². The highest BCUT2D eigenvalue weighted by Crippen LogP contribution is 2.30. The Morgan fingerprint density at radius 1 is 1.30 bits per heavy atom. The van der Waals surface area contributed by atoms with Gasteiger partial charge >= 0.3 is 0 Å². The van der Waals surface area contributed by atoms with Gasteiger partial charge in [-0.2, -0.15) is 0 Å². The van der Waals surface area contributed by atoms with Crippen LogP contribution in [-0.2, 0) is 4.74 Å². The minimum atomic E-state index is -0.233. The molecular formula is C16H26FNO2. The van der Waals surface area contributed by atoms with Gasteiger partial charge in [-0.25, -0.2) is 4.39 Å². The molecule has 0 aromatic heterocycles. The van der Waals surface area contributed by atoms with Crippen LogP contribution in [0.4, 0.5) is 4.39 Å². The Kier molecular flexibility index (Phi) is 7.55. The van der Waals surface area contributed by atoms with Crippen LogP contribution >= 0.6 is 0 Å². The summed E-state index contributed by atoms with van der Waals surface area (Å²) in [6.45, 7) is 5.84. The van der Waals surface area contributed by atoms with E-state index in [1.165, 1.54) is 6.07 Å². The third kappa shape index (κ3) is 5.10. The summed E-state index contributed by atoms with van der Waals surface area (Å²) < 4.78 is 24.1. The van der Waals surface area contributed by atoms with Crippen LogP contribution in [0.25, 0.3) is 0 Å². The summed E-state index contributed by atoms with van der Waals surface area (Å²) in [5, 5.41) is 3.47. The molecule has 20 heavy (non-hydrogen) atoms. The Hall–Kier alpha value is -1.13. The number of methoxy groups -OCH3 is 2. The van der Waals surface area contributed by atoms with Gasteiger partial charge in [0.2, 0.25) is 0 Å². The van der Waals surface area contributed by atoms with Gasteiger partial charge in [0, 0.05) is 25.3 Å². The summed E-state index contributed by atoms with van der Waals surface area (Å²) in [5.41, 5.74) is 0.879. The van der Waals surface area contributed by atoms with E-state index in [2.05, 4.69) is 19.2 Å². The van der Waals surface area contributed by atoms with Crippen molar-refractivity contribution in [1.29, 1.82) is 0 Å². The van der Waals surface area contributed by atoms with E-state index >= 15 is 0 Å². The molecule has 1 aromatic rings. The van der Waals surface area contributed by atoms with Crippen molar-refractivity contribution in [2.75, 3.05) is 27.4 Å². The van der Waals surface area contributed by atoms with Crippen molar-refractivity contribution < 1.29 is 13.9 Å². The Labute approximate surface area is 121 Å². The Morgan fingerprint density at radius 3 is 2.65 bits per heavy atom. The van der Waals surface area contributed by atoms with E-state index < -0.39 is 0 Å². The SMILES string of the molecule is CCCNC(CC(C)COC)c1cc(F)ccc1OC. The molecule has 0 heterocycles. The van der Waals surface area contributed by atoms with Crippen LogP contribution in [0.5, 0.6) is 5.75 Å². The van der Waals surface area contributed by atoms with Crippen molar-refractivity contribution >= 4 is 0 Å². The molecule has 1 aromatic carbocycles. The van der Waals surface area contributed by atoms with E-state index in [0.717, 1.165) is 30.7 Å². The maximum atomic E-state index is 13.5. The quantitative estimate of drug-likeness (QED) is 0.752. The molecule has 0 bridgehead atoms. The van der Waals surface area contributed by atoms with Crippen LogP contribution in [0, 0.1) is 11.7 Å². The topological polar surface area (TPSA) is 30.5 Å². The molecule has 0 spiro atoms. The molecule has 0 aliphatic heterocycles. The molecule has 0 amide bonds.